The van der Waals surface area contributed by atoms with Crippen molar-refractivity contribution in [2.24, 2.45) is 0 Å². The molecule has 0 spiro atoms. The Bertz CT molecular complexity index is 569. The van der Waals surface area contributed by atoms with E-state index in [0.29, 0.717) is 12.1 Å². The molecule has 100 valence electrons. The standard InChI is InChI=1S/C14H13BrFNO2/c1-19-14-5-10(15)4-12(7-14)17-8-9-2-11(16)6-13(18)3-9/h2-7,17-18H,8H2,1H3. The molecule has 0 amide bonds. The van der Waals surface area contributed by atoms with Crippen LogP contribution in [-0.4, -0.2) is 12.2 Å². The highest BCUT2D eigenvalue weighted by atomic mass is 79.9. The number of methoxy groups -OCH3 is 1. The lowest BCUT2D eigenvalue weighted by atomic mass is 10.2. The average molecular weight is 326 g/mol. The summed E-state index contributed by atoms with van der Waals surface area (Å²) in [4.78, 5) is 0. The van der Waals surface area contributed by atoms with Gasteiger partial charge in [-0.1, -0.05) is 15.9 Å². The largest absolute Gasteiger partial charge is 0.508 e. The summed E-state index contributed by atoms with van der Waals surface area (Å²) in [5.41, 5.74) is 1.51. The highest BCUT2D eigenvalue weighted by molar-refractivity contribution is 9.10. The molecule has 2 aromatic rings. The smallest absolute Gasteiger partial charge is 0.127 e. The molecule has 19 heavy (non-hydrogen) atoms. The first-order chi connectivity index (χ1) is 9.06. The third-order valence-corrected chi connectivity index (χ3v) is 3.00. The van der Waals surface area contributed by atoms with Crippen molar-refractivity contribution in [2.75, 3.05) is 12.4 Å². The number of phenolic OH excluding ortho intramolecular Hbond substituents is 1. The second-order valence-electron chi connectivity index (χ2n) is 4.05. The number of rotatable bonds is 4. The van der Waals surface area contributed by atoms with Gasteiger partial charge < -0.3 is 15.2 Å². The van der Waals surface area contributed by atoms with Gasteiger partial charge in [0.25, 0.3) is 0 Å². The van der Waals surface area contributed by atoms with E-state index in [0.717, 1.165) is 22.0 Å². The Morgan fingerprint density at radius 2 is 2.00 bits per heavy atom. The summed E-state index contributed by atoms with van der Waals surface area (Å²) in [6.45, 7) is 0.408. The van der Waals surface area contributed by atoms with Crippen molar-refractivity contribution in [1.82, 2.24) is 0 Å². The summed E-state index contributed by atoms with van der Waals surface area (Å²) >= 11 is 3.38. The molecule has 0 atom stereocenters. The molecule has 0 heterocycles. The summed E-state index contributed by atoms with van der Waals surface area (Å²) in [6, 6.07) is 9.55. The highest BCUT2D eigenvalue weighted by Crippen LogP contribution is 2.25. The van der Waals surface area contributed by atoms with Crippen LogP contribution in [0.1, 0.15) is 5.56 Å². The van der Waals surface area contributed by atoms with Crippen molar-refractivity contribution >= 4 is 21.6 Å². The fourth-order valence-corrected chi connectivity index (χ4v) is 2.19. The molecule has 0 aromatic heterocycles. The second-order valence-corrected chi connectivity index (χ2v) is 4.97. The van der Waals surface area contributed by atoms with Crippen LogP contribution in [0.4, 0.5) is 10.1 Å². The first-order valence-corrected chi connectivity index (χ1v) is 6.43. The monoisotopic (exact) mass is 325 g/mol. The van der Waals surface area contributed by atoms with Gasteiger partial charge in [0.2, 0.25) is 0 Å². The van der Waals surface area contributed by atoms with E-state index in [4.69, 9.17) is 4.74 Å². The van der Waals surface area contributed by atoms with E-state index >= 15 is 0 Å². The van der Waals surface area contributed by atoms with Crippen molar-refractivity contribution in [1.29, 1.82) is 0 Å². The molecule has 0 aliphatic heterocycles. The van der Waals surface area contributed by atoms with Gasteiger partial charge in [-0.2, -0.15) is 0 Å². The number of benzene rings is 2. The maximum Gasteiger partial charge on any atom is 0.127 e. The zero-order valence-electron chi connectivity index (χ0n) is 10.3. The molecule has 5 heteroatoms. The van der Waals surface area contributed by atoms with E-state index in [1.807, 2.05) is 18.2 Å². The van der Waals surface area contributed by atoms with Gasteiger partial charge in [-0.15, -0.1) is 0 Å². The lowest BCUT2D eigenvalue weighted by molar-refractivity contribution is 0.414. The normalized spacial score (nSPS) is 10.3. The zero-order chi connectivity index (χ0) is 13.8. The van der Waals surface area contributed by atoms with Crippen LogP contribution in [-0.2, 0) is 6.54 Å². The van der Waals surface area contributed by atoms with E-state index in [2.05, 4.69) is 21.2 Å². The van der Waals surface area contributed by atoms with Crippen molar-refractivity contribution in [3.63, 3.8) is 0 Å². The van der Waals surface area contributed by atoms with Gasteiger partial charge in [0, 0.05) is 28.8 Å². The Kier molecular flexibility index (Phi) is 4.27. The summed E-state index contributed by atoms with van der Waals surface area (Å²) in [6.07, 6.45) is 0. The lowest BCUT2D eigenvalue weighted by Crippen LogP contribution is -2.00. The Morgan fingerprint density at radius 3 is 2.68 bits per heavy atom. The topological polar surface area (TPSA) is 41.5 Å². The van der Waals surface area contributed by atoms with Gasteiger partial charge in [-0.05, 0) is 29.8 Å². The van der Waals surface area contributed by atoms with Crippen molar-refractivity contribution in [3.05, 3.63) is 52.3 Å². The molecule has 0 radical (unpaired) electrons. The number of hydrogen-bond donors (Lipinski definition) is 2. The Hall–Kier alpha value is -1.75. The van der Waals surface area contributed by atoms with Crippen LogP contribution >= 0.6 is 15.9 Å². The Balaban J connectivity index is 2.11. The third-order valence-electron chi connectivity index (χ3n) is 2.55. The van der Waals surface area contributed by atoms with Crippen molar-refractivity contribution in [2.45, 2.75) is 6.54 Å². The van der Waals surface area contributed by atoms with Crippen LogP contribution in [0, 0.1) is 5.82 Å². The van der Waals surface area contributed by atoms with Gasteiger partial charge in [0.15, 0.2) is 0 Å². The summed E-state index contributed by atoms with van der Waals surface area (Å²) in [7, 11) is 1.59. The molecule has 3 nitrogen and oxygen atoms in total. The minimum Gasteiger partial charge on any atom is -0.508 e. The summed E-state index contributed by atoms with van der Waals surface area (Å²) < 4.78 is 19.2. The van der Waals surface area contributed by atoms with E-state index in [1.165, 1.54) is 12.1 Å². The minimum absolute atomic E-state index is 0.0800. The number of nitrogens with one attached hydrogen (secondary N) is 1. The minimum atomic E-state index is -0.455. The maximum atomic E-state index is 13.1. The Labute approximate surface area is 119 Å². The van der Waals surface area contributed by atoms with Crippen molar-refractivity contribution in [3.8, 4) is 11.5 Å². The van der Waals surface area contributed by atoms with E-state index in [9.17, 15) is 9.50 Å². The second kappa shape index (κ2) is 5.93. The first kappa shape index (κ1) is 13.7. The molecule has 2 N–H and O–H groups in total. The molecule has 0 saturated carbocycles. The molecule has 0 aliphatic carbocycles. The molecular weight excluding hydrogens is 313 g/mol. The van der Waals surface area contributed by atoms with Crippen LogP contribution in [0.25, 0.3) is 0 Å². The molecule has 2 rings (SSSR count). The summed E-state index contributed by atoms with van der Waals surface area (Å²) in [5, 5.41) is 12.5. The van der Waals surface area contributed by atoms with E-state index in [1.54, 1.807) is 7.11 Å². The molecule has 0 bridgehead atoms. The number of aromatic hydroxyl groups is 1. The van der Waals surface area contributed by atoms with Gasteiger partial charge in [-0.25, -0.2) is 4.39 Å². The quantitative estimate of drug-likeness (QED) is 0.895. The lowest BCUT2D eigenvalue weighted by Gasteiger charge is -2.09. The van der Waals surface area contributed by atoms with Gasteiger partial charge >= 0.3 is 0 Å². The summed E-state index contributed by atoms with van der Waals surface area (Å²) in [5.74, 6) is 0.186. The zero-order valence-corrected chi connectivity index (χ0v) is 11.9. The third kappa shape index (κ3) is 3.86. The number of anilines is 1. The van der Waals surface area contributed by atoms with Crippen LogP contribution in [0.3, 0.4) is 0 Å². The van der Waals surface area contributed by atoms with E-state index in [-0.39, 0.29) is 5.75 Å². The molecule has 0 aliphatic rings. The molecule has 2 aromatic carbocycles. The predicted molar refractivity (Wildman–Crippen MR) is 76.1 cm³/mol. The Morgan fingerprint density at radius 1 is 1.21 bits per heavy atom. The first-order valence-electron chi connectivity index (χ1n) is 5.64. The number of halogens is 2. The average Bonchev–Trinajstić information content (AvgIpc) is 2.34. The number of phenols is 1. The van der Waals surface area contributed by atoms with E-state index < -0.39 is 5.82 Å². The van der Waals surface area contributed by atoms with Crippen molar-refractivity contribution < 1.29 is 14.2 Å². The molecule has 0 fully saturated rings. The van der Waals surface area contributed by atoms with Gasteiger partial charge in [0.1, 0.15) is 17.3 Å². The predicted octanol–water partition coefficient (Wildman–Crippen LogP) is 3.91. The SMILES string of the molecule is COc1cc(Br)cc(NCc2cc(O)cc(F)c2)c1. The number of ether oxygens (including phenoxy) is 1. The van der Waals surface area contributed by atoms with Crippen LogP contribution in [0.5, 0.6) is 11.5 Å². The highest BCUT2D eigenvalue weighted by Gasteiger charge is 2.02. The van der Waals surface area contributed by atoms with Crippen LogP contribution in [0.15, 0.2) is 40.9 Å². The van der Waals surface area contributed by atoms with Crippen LogP contribution in [0.2, 0.25) is 0 Å². The fraction of sp³-hybridized carbons (Fsp3) is 0.143. The maximum absolute atomic E-state index is 13.1. The van der Waals surface area contributed by atoms with Gasteiger partial charge in [-0.3, -0.25) is 0 Å². The van der Waals surface area contributed by atoms with Crippen LogP contribution < -0.4 is 10.1 Å². The fourth-order valence-electron chi connectivity index (χ4n) is 1.72. The molecule has 0 saturated heterocycles. The molecule has 0 unspecified atom stereocenters. The van der Waals surface area contributed by atoms with Gasteiger partial charge in [0.05, 0.1) is 7.11 Å². The number of hydrogen-bond acceptors (Lipinski definition) is 3. The molecular formula is C14H13BrFNO2.